The van der Waals surface area contributed by atoms with Crippen molar-refractivity contribution in [2.24, 2.45) is 0 Å². The first-order valence-corrected chi connectivity index (χ1v) is 5.72. The van der Waals surface area contributed by atoms with E-state index in [1.165, 1.54) is 6.08 Å². The normalized spacial score (nSPS) is 23.4. The molecule has 1 atom stereocenters. The van der Waals surface area contributed by atoms with Crippen molar-refractivity contribution in [2.75, 3.05) is 6.54 Å². The van der Waals surface area contributed by atoms with Crippen LogP contribution in [-0.4, -0.2) is 23.4 Å². The van der Waals surface area contributed by atoms with Crippen molar-refractivity contribution in [3.63, 3.8) is 0 Å². The second-order valence-electron chi connectivity index (χ2n) is 4.59. The Kier molecular flexibility index (Phi) is 2.77. The van der Waals surface area contributed by atoms with Crippen LogP contribution in [0.1, 0.15) is 24.0 Å². The molecule has 3 amide bonds. The van der Waals surface area contributed by atoms with Crippen LogP contribution in [0.25, 0.3) is 0 Å². The molecule has 1 aromatic rings. The van der Waals surface area contributed by atoms with Crippen molar-refractivity contribution in [3.05, 3.63) is 35.8 Å². The quantitative estimate of drug-likeness (QED) is 0.656. The Morgan fingerprint density at radius 1 is 1.50 bits per heavy atom. The van der Waals surface area contributed by atoms with Gasteiger partial charge in [-0.1, -0.05) is 6.08 Å². The van der Waals surface area contributed by atoms with Crippen LogP contribution in [-0.2, 0) is 10.3 Å². The molecule has 5 heteroatoms. The SMILES string of the molecule is C=CCN1C(=O)NC(C)(c2cc(C)oc2C)C1=O. The number of hydrogen-bond donors (Lipinski definition) is 1. The van der Waals surface area contributed by atoms with Crippen molar-refractivity contribution in [3.8, 4) is 0 Å². The minimum atomic E-state index is -1.05. The molecular weight excluding hydrogens is 232 g/mol. The minimum Gasteiger partial charge on any atom is -0.466 e. The van der Waals surface area contributed by atoms with E-state index in [0.717, 1.165) is 4.90 Å². The summed E-state index contributed by atoms with van der Waals surface area (Å²) in [6, 6.07) is 1.38. The number of urea groups is 1. The zero-order chi connectivity index (χ0) is 13.5. The maximum atomic E-state index is 12.3. The lowest BCUT2D eigenvalue weighted by Crippen LogP contribution is -2.41. The van der Waals surface area contributed by atoms with Crippen molar-refractivity contribution < 1.29 is 14.0 Å². The Morgan fingerprint density at radius 2 is 2.17 bits per heavy atom. The summed E-state index contributed by atoms with van der Waals surface area (Å²) in [5.74, 6) is 1.08. The van der Waals surface area contributed by atoms with Crippen molar-refractivity contribution >= 4 is 11.9 Å². The third-order valence-corrected chi connectivity index (χ3v) is 3.17. The lowest BCUT2D eigenvalue weighted by molar-refractivity contribution is -0.130. The molecule has 0 bridgehead atoms. The standard InChI is InChI=1S/C13H16N2O3/c1-5-6-15-11(16)13(4,14-12(15)17)10-7-8(2)18-9(10)3/h5,7H,1,6H2,2-4H3,(H,14,17). The fourth-order valence-electron chi connectivity index (χ4n) is 2.30. The smallest absolute Gasteiger partial charge is 0.325 e. The van der Waals surface area contributed by atoms with Gasteiger partial charge in [-0.25, -0.2) is 4.79 Å². The van der Waals surface area contributed by atoms with Gasteiger partial charge in [0.25, 0.3) is 5.91 Å². The van der Waals surface area contributed by atoms with E-state index < -0.39 is 11.6 Å². The summed E-state index contributed by atoms with van der Waals surface area (Å²) >= 11 is 0. The molecule has 0 radical (unpaired) electrons. The van der Waals surface area contributed by atoms with E-state index in [0.29, 0.717) is 17.1 Å². The Labute approximate surface area is 105 Å². The van der Waals surface area contributed by atoms with Crippen molar-refractivity contribution in [2.45, 2.75) is 26.3 Å². The van der Waals surface area contributed by atoms with Gasteiger partial charge in [0.15, 0.2) is 0 Å². The number of nitrogens with one attached hydrogen (secondary N) is 1. The van der Waals surface area contributed by atoms with Crippen LogP contribution in [0.3, 0.4) is 0 Å². The Balaban J connectivity index is 2.44. The lowest BCUT2D eigenvalue weighted by Gasteiger charge is -2.20. The van der Waals surface area contributed by atoms with E-state index in [4.69, 9.17) is 4.42 Å². The minimum absolute atomic E-state index is 0.205. The molecule has 1 aliphatic rings. The van der Waals surface area contributed by atoms with E-state index >= 15 is 0 Å². The van der Waals surface area contributed by atoms with Gasteiger partial charge in [0.05, 0.1) is 0 Å². The van der Waals surface area contributed by atoms with Gasteiger partial charge in [-0.3, -0.25) is 9.69 Å². The number of rotatable bonds is 3. The summed E-state index contributed by atoms with van der Waals surface area (Å²) in [7, 11) is 0. The van der Waals surface area contributed by atoms with Gasteiger partial charge in [0.1, 0.15) is 17.1 Å². The van der Waals surface area contributed by atoms with Gasteiger partial charge in [-0.05, 0) is 26.8 Å². The maximum absolute atomic E-state index is 12.3. The van der Waals surface area contributed by atoms with Gasteiger partial charge in [0, 0.05) is 12.1 Å². The van der Waals surface area contributed by atoms with Crippen LogP contribution < -0.4 is 5.32 Å². The van der Waals surface area contributed by atoms with E-state index in [9.17, 15) is 9.59 Å². The molecule has 5 nitrogen and oxygen atoms in total. The van der Waals surface area contributed by atoms with Crippen LogP contribution in [0.5, 0.6) is 0 Å². The summed E-state index contributed by atoms with van der Waals surface area (Å²) in [4.78, 5) is 25.3. The zero-order valence-electron chi connectivity index (χ0n) is 10.7. The topological polar surface area (TPSA) is 62.6 Å². The van der Waals surface area contributed by atoms with E-state index in [1.807, 2.05) is 6.92 Å². The van der Waals surface area contributed by atoms with Crippen LogP contribution >= 0.6 is 0 Å². The molecule has 96 valence electrons. The largest absolute Gasteiger partial charge is 0.466 e. The van der Waals surface area contributed by atoms with Crippen LogP contribution in [0.2, 0.25) is 0 Å². The van der Waals surface area contributed by atoms with Gasteiger partial charge in [-0.15, -0.1) is 6.58 Å². The van der Waals surface area contributed by atoms with E-state index in [2.05, 4.69) is 11.9 Å². The highest BCUT2D eigenvalue weighted by Gasteiger charge is 2.50. The molecule has 1 aliphatic heterocycles. The summed E-state index contributed by atoms with van der Waals surface area (Å²) < 4.78 is 5.43. The molecule has 18 heavy (non-hydrogen) atoms. The molecule has 2 rings (SSSR count). The molecule has 1 aromatic heterocycles. The summed E-state index contributed by atoms with van der Waals surface area (Å²) in [6.45, 7) is 9.02. The number of amides is 3. The van der Waals surface area contributed by atoms with Crippen molar-refractivity contribution in [1.29, 1.82) is 0 Å². The number of carbonyl (C=O) groups is 2. The molecule has 1 fully saturated rings. The van der Waals surface area contributed by atoms with Crippen LogP contribution in [0.15, 0.2) is 23.1 Å². The van der Waals surface area contributed by atoms with E-state index in [-0.39, 0.29) is 12.5 Å². The first kappa shape index (κ1) is 12.4. The molecule has 0 saturated carbocycles. The third-order valence-electron chi connectivity index (χ3n) is 3.17. The van der Waals surface area contributed by atoms with Gasteiger partial charge < -0.3 is 9.73 Å². The predicted molar refractivity (Wildman–Crippen MR) is 66.0 cm³/mol. The summed E-state index contributed by atoms with van der Waals surface area (Å²) in [6.07, 6.45) is 1.52. The molecule has 0 aliphatic carbocycles. The average Bonchev–Trinajstić information content (AvgIpc) is 2.73. The molecule has 1 saturated heterocycles. The zero-order valence-corrected chi connectivity index (χ0v) is 10.7. The number of furan rings is 1. The predicted octanol–water partition coefficient (Wildman–Crippen LogP) is 1.85. The Hall–Kier alpha value is -2.04. The molecule has 2 heterocycles. The molecule has 1 unspecified atom stereocenters. The highest BCUT2D eigenvalue weighted by Crippen LogP contribution is 2.32. The summed E-state index contributed by atoms with van der Waals surface area (Å²) in [5.41, 5.74) is -0.355. The number of carbonyl (C=O) groups excluding carboxylic acids is 2. The summed E-state index contributed by atoms with van der Waals surface area (Å²) in [5, 5.41) is 2.72. The molecule has 0 spiro atoms. The van der Waals surface area contributed by atoms with Gasteiger partial charge in [-0.2, -0.15) is 0 Å². The highest BCUT2D eigenvalue weighted by molar-refractivity contribution is 6.07. The molecule has 0 aromatic carbocycles. The van der Waals surface area contributed by atoms with E-state index in [1.54, 1.807) is 19.9 Å². The monoisotopic (exact) mass is 248 g/mol. The maximum Gasteiger partial charge on any atom is 0.325 e. The molecule has 1 N–H and O–H groups in total. The second-order valence-corrected chi connectivity index (χ2v) is 4.59. The fraction of sp³-hybridized carbons (Fsp3) is 0.385. The van der Waals surface area contributed by atoms with Gasteiger partial charge in [0.2, 0.25) is 0 Å². The van der Waals surface area contributed by atoms with Crippen LogP contribution in [0.4, 0.5) is 4.79 Å². The molecular formula is C13H16N2O3. The number of aryl methyl sites for hydroxylation is 2. The van der Waals surface area contributed by atoms with Crippen molar-refractivity contribution in [1.82, 2.24) is 10.2 Å². The first-order valence-electron chi connectivity index (χ1n) is 5.72. The highest BCUT2D eigenvalue weighted by atomic mass is 16.3. The second kappa shape index (κ2) is 4.01. The van der Waals surface area contributed by atoms with Gasteiger partial charge >= 0.3 is 6.03 Å². The Morgan fingerprint density at radius 3 is 2.67 bits per heavy atom. The Bertz CT molecular complexity index is 532. The number of imide groups is 1. The van der Waals surface area contributed by atoms with Crippen LogP contribution in [0, 0.1) is 13.8 Å². The average molecular weight is 248 g/mol. The lowest BCUT2D eigenvalue weighted by atomic mass is 9.92. The third kappa shape index (κ3) is 1.63. The number of nitrogens with zero attached hydrogens (tertiary/aromatic N) is 1. The number of hydrogen-bond acceptors (Lipinski definition) is 3. The fourth-order valence-corrected chi connectivity index (χ4v) is 2.30. The first-order chi connectivity index (χ1) is 8.40.